The molecule has 3 rings (SSSR count). The Morgan fingerprint density at radius 1 is 1.18 bits per heavy atom. The number of aromatic nitrogens is 3. The second-order valence-corrected chi connectivity index (χ2v) is 5.26. The maximum Gasteiger partial charge on any atom is 0.308 e. The molecule has 3 heterocycles. The number of hydrogen-bond donors (Lipinski definition) is 0. The summed E-state index contributed by atoms with van der Waals surface area (Å²) in [6, 6.07) is 7.57. The number of ether oxygens (including phenoxy) is 1. The third kappa shape index (κ3) is 2.90. The van der Waals surface area contributed by atoms with Crippen LogP contribution in [0.1, 0.15) is 24.6 Å². The number of anilines is 1. The number of carbonyl (C=O) groups is 1. The summed E-state index contributed by atoms with van der Waals surface area (Å²) in [6.45, 7) is 0.699. The first kappa shape index (κ1) is 14.4. The summed E-state index contributed by atoms with van der Waals surface area (Å²) < 4.78 is 4.91. The molecule has 2 aromatic heterocycles. The van der Waals surface area contributed by atoms with E-state index in [4.69, 9.17) is 4.74 Å². The lowest BCUT2D eigenvalue weighted by Crippen LogP contribution is -2.40. The van der Waals surface area contributed by atoms with E-state index in [9.17, 15) is 4.79 Å². The van der Waals surface area contributed by atoms with Crippen LogP contribution in [-0.2, 0) is 9.53 Å². The minimum Gasteiger partial charge on any atom is -0.469 e. The van der Waals surface area contributed by atoms with Crippen LogP contribution in [0, 0.1) is 5.92 Å². The van der Waals surface area contributed by atoms with Crippen LogP contribution in [0.3, 0.4) is 0 Å². The van der Waals surface area contributed by atoms with Crippen LogP contribution in [0.4, 0.5) is 5.95 Å². The smallest absolute Gasteiger partial charge is 0.308 e. The lowest BCUT2D eigenvalue weighted by molar-refractivity contribution is -0.146. The minimum absolute atomic E-state index is 0.0264. The molecular formula is C16H18N4O2. The molecule has 0 bridgehead atoms. The van der Waals surface area contributed by atoms with Crippen molar-refractivity contribution in [3.05, 3.63) is 48.5 Å². The molecule has 6 nitrogen and oxygen atoms in total. The van der Waals surface area contributed by atoms with Gasteiger partial charge in [-0.2, -0.15) is 0 Å². The molecule has 0 N–H and O–H groups in total. The van der Waals surface area contributed by atoms with Crippen molar-refractivity contribution in [1.29, 1.82) is 0 Å². The van der Waals surface area contributed by atoms with Crippen LogP contribution in [0.15, 0.2) is 42.9 Å². The number of piperidine rings is 1. The molecule has 0 spiro atoms. The molecule has 22 heavy (non-hydrogen) atoms. The van der Waals surface area contributed by atoms with E-state index in [1.165, 1.54) is 7.11 Å². The van der Waals surface area contributed by atoms with Gasteiger partial charge in [-0.1, -0.05) is 6.07 Å². The Balaban J connectivity index is 1.91. The first-order valence-corrected chi connectivity index (χ1v) is 7.32. The Bertz CT molecular complexity index is 621. The van der Waals surface area contributed by atoms with Crippen LogP contribution in [-0.4, -0.2) is 34.6 Å². The fourth-order valence-electron chi connectivity index (χ4n) is 2.88. The molecule has 0 saturated carbocycles. The summed E-state index contributed by atoms with van der Waals surface area (Å²) in [5.41, 5.74) is 0.920. The zero-order valence-corrected chi connectivity index (χ0v) is 12.4. The first-order valence-electron chi connectivity index (χ1n) is 7.32. The molecular weight excluding hydrogens is 280 g/mol. The highest BCUT2D eigenvalue weighted by Gasteiger charge is 2.35. The van der Waals surface area contributed by atoms with E-state index in [1.54, 1.807) is 24.7 Å². The van der Waals surface area contributed by atoms with Crippen molar-refractivity contribution in [2.75, 3.05) is 18.6 Å². The Morgan fingerprint density at radius 2 is 1.95 bits per heavy atom. The molecule has 2 atom stereocenters. The number of pyridine rings is 1. The number of rotatable bonds is 3. The number of nitrogens with zero attached hydrogens (tertiary/aromatic N) is 4. The van der Waals surface area contributed by atoms with Gasteiger partial charge in [0.2, 0.25) is 5.95 Å². The van der Waals surface area contributed by atoms with E-state index in [2.05, 4.69) is 19.9 Å². The van der Waals surface area contributed by atoms with Crippen LogP contribution in [0.25, 0.3) is 0 Å². The van der Waals surface area contributed by atoms with Gasteiger partial charge in [0, 0.05) is 25.1 Å². The Labute approximate surface area is 129 Å². The van der Waals surface area contributed by atoms with Gasteiger partial charge >= 0.3 is 5.97 Å². The first-order chi connectivity index (χ1) is 10.8. The van der Waals surface area contributed by atoms with Crippen LogP contribution < -0.4 is 4.90 Å². The molecule has 114 valence electrons. The maximum absolute atomic E-state index is 11.9. The Hall–Kier alpha value is -2.50. The van der Waals surface area contributed by atoms with Gasteiger partial charge in [-0.3, -0.25) is 9.78 Å². The van der Waals surface area contributed by atoms with E-state index in [0.717, 1.165) is 12.1 Å². The van der Waals surface area contributed by atoms with E-state index in [0.29, 0.717) is 18.9 Å². The largest absolute Gasteiger partial charge is 0.469 e. The third-order valence-corrected chi connectivity index (χ3v) is 3.98. The van der Waals surface area contributed by atoms with Gasteiger partial charge in [0.05, 0.1) is 24.8 Å². The standard InChI is InChI=1S/C16H18N4O2/c1-22-15(21)12-6-10-20(16-18-8-4-9-19-16)14(11-12)13-5-2-3-7-17-13/h2-5,7-9,12,14H,6,10-11H2,1H3. The molecule has 2 unspecified atom stereocenters. The highest BCUT2D eigenvalue weighted by Crippen LogP contribution is 2.35. The highest BCUT2D eigenvalue weighted by molar-refractivity contribution is 5.72. The zero-order chi connectivity index (χ0) is 15.4. The lowest BCUT2D eigenvalue weighted by atomic mass is 9.89. The minimum atomic E-state index is -0.158. The van der Waals surface area contributed by atoms with Gasteiger partial charge in [0.1, 0.15) is 0 Å². The Kier molecular flexibility index (Phi) is 4.27. The fraction of sp³-hybridized carbons (Fsp3) is 0.375. The predicted octanol–water partition coefficient (Wildman–Crippen LogP) is 2.00. The number of methoxy groups -OCH3 is 1. The maximum atomic E-state index is 11.9. The highest BCUT2D eigenvalue weighted by atomic mass is 16.5. The van der Waals surface area contributed by atoms with E-state index < -0.39 is 0 Å². The molecule has 6 heteroatoms. The molecule has 0 aromatic carbocycles. The van der Waals surface area contributed by atoms with E-state index >= 15 is 0 Å². The van der Waals surface area contributed by atoms with Gasteiger partial charge in [-0.25, -0.2) is 9.97 Å². The molecule has 0 radical (unpaired) electrons. The number of hydrogen-bond acceptors (Lipinski definition) is 6. The van der Waals surface area contributed by atoms with Crippen molar-refractivity contribution in [3.63, 3.8) is 0 Å². The van der Waals surface area contributed by atoms with Crippen molar-refractivity contribution in [1.82, 2.24) is 15.0 Å². The monoisotopic (exact) mass is 298 g/mol. The van der Waals surface area contributed by atoms with E-state index in [1.807, 2.05) is 18.2 Å². The normalized spacial score (nSPS) is 21.4. The number of carbonyl (C=O) groups excluding carboxylic acids is 1. The molecule has 0 amide bonds. The van der Waals surface area contributed by atoms with Gasteiger partial charge in [-0.15, -0.1) is 0 Å². The molecule has 1 saturated heterocycles. The fourth-order valence-corrected chi connectivity index (χ4v) is 2.88. The van der Waals surface area contributed by atoms with Crippen molar-refractivity contribution < 1.29 is 9.53 Å². The summed E-state index contributed by atoms with van der Waals surface area (Å²) >= 11 is 0. The van der Waals surface area contributed by atoms with Gasteiger partial charge in [0.25, 0.3) is 0 Å². The summed E-state index contributed by atoms with van der Waals surface area (Å²) in [7, 11) is 1.44. The summed E-state index contributed by atoms with van der Waals surface area (Å²) in [5.74, 6) is 0.396. The quantitative estimate of drug-likeness (QED) is 0.807. The Morgan fingerprint density at radius 3 is 2.64 bits per heavy atom. The lowest BCUT2D eigenvalue weighted by Gasteiger charge is -2.38. The average molecular weight is 298 g/mol. The van der Waals surface area contributed by atoms with Crippen LogP contribution in [0.5, 0.6) is 0 Å². The predicted molar refractivity (Wildman–Crippen MR) is 81.1 cm³/mol. The van der Waals surface area contributed by atoms with E-state index in [-0.39, 0.29) is 17.9 Å². The molecule has 1 aliphatic rings. The second-order valence-electron chi connectivity index (χ2n) is 5.26. The van der Waals surface area contributed by atoms with Gasteiger partial charge in [-0.05, 0) is 31.0 Å². The van der Waals surface area contributed by atoms with Crippen LogP contribution in [0.2, 0.25) is 0 Å². The SMILES string of the molecule is COC(=O)C1CCN(c2ncccn2)C(c2ccccn2)C1. The van der Waals surface area contributed by atoms with Crippen molar-refractivity contribution >= 4 is 11.9 Å². The summed E-state index contributed by atoms with van der Waals surface area (Å²) in [5, 5.41) is 0. The zero-order valence-electron chi connectivity index (χ0n) is 12.4. The van der Waals surface area contributed by atoms with Crippen LogP contribution >= 0.6 is 0 Å². The molecule has 0 aliphatic carbocycles. The second kappa shape index (κ2) is 6.51. The van der Waals surface area contributed by atoms with Crippen molar-refractivity contribution in [2.24, 2.45) is 5.92 Å². The van der Waals surface area contributed by atoms with Gasteiger partial charge < -0.3 is 9.64 Å². The summed E-state index contributed by atoms with van der Waals surface area (Å²) in [4.78, 5) is 27.1. The van der Waals surface area contributed by atoms with Gasteiger partial charge in [0.15, 0.2) is 0 Å². The average Bonchev–Trinajstić information content (AvgIpc) is 2.62. The summed E-state index contributed by atoms with van der Waals surface area (Å²) in [6.07, 6.45) is 6.60. The molecule has 1 aliphatic heterocycles. The van der Waals surface area contributed by atoms with Crippen molar-refractivity contribution in [2.45, 2.75) is 18.9 Å². The molecule has 1 fully saturated rings. The number of esters is 1. The third-order valence-electron chi connectivity index (χ3n) is 3.98. The molecule has 2 aromatic rings. The van der Waals surface area contributed by atoms with Crippen molar-refractivity contribution in [3.8, 4) is 0 Å². The topological polar surface area (TPSA) is 68.2 Å².